The minimum atomic E-state index is -0.181. The van der Waals surface area contributed by atoms with Crippen molar-refractivity contribution in [3.8, 4) is 0 Å². The summed E-state index contributed by atoms with van der Waals surface area (Å²) in [5.74, 6) is -0.255. The number of rotatable bonds is 3. The summed E-state index contributed by atoms with van der Waals surface area (Å²) in [6, 6.07) is 7.18. The van der Waals surface area contributed by atoms with Gasteiger partial charge >= 0.3 is 0 Å². The molecule has 2 amide bonds. The fourth-order valence-electron chi connectivity index (χ4n) is 2.49. The third-order valence-electron chi connectivity index (χ3n) is 3.68. The second-order valence-corrected chi connectivity index (χ2v) is 5.11. The SMILES string of the molecule is CC(=O)N1CCCC(C(=O)Nc2ccccc2CO)C1. The first kappa shape index (κ1) is 14.5. The van der Waals surface area contributed by atoms with Crippen molar-refractivity contribution in [3.63, 3.8) is 0 Å². The summed E-state index contributed by atoms with van der Waals surface area (Å²) in [5, 5.41) is 12.1. The zero-order valence-electron chi connectivity index (χ0n) is 11.6. The summed E-state index contributed by atoms with van der Waals surface area (Å²) in [6.45, 7) is 2.62. The van der Waals surface area contributed by atoms with E-state index in [1.807, 2.05) is 12.1 Å². The summed E-state index contributed by atoms with van der Waals surface area (Å²) >= 11 is 0. The Hall–Kier alpha value is -1.88. The van der Waals surface area contributed by atoms with Crippen LogP contribution in [0.2, 0.25) is 0 Å². The molecule has 1 saturated heterocycles. The molecule has 1 atom stereocenters. The first-order valence-electron chi connectivity index (χ1n) is 6.87. The van der Waals surface area contributed by atoms with Gasteiger partial charge in [0.15, 0.2) is 0 Å². The van der Waals surface area contributed by atoms with Crippen molar-refractivity contribution in [2.45, 2.75) is 26.4 Å². The molecule has 0 bridgehead atoms. The molecule has 20 heavy (non-hydrogen) atoms. The number of piperidine rings is 1. The van der Waals surface area contributed by atoms with Gasteiger partial charge in [-0.05, 0) is 18.9 Å². The maximum absolute atomic E-state index is 12.3. The monoisotopic (exact) mass is 276 g/mol. The Bertz CT molecular complexity index is 502. The lowest BCUT2D eigenvalue weighted by molar-refractivity contribution is -0.132. The molecule has 1 unspecified atom stereocenters. The van der Waals surface area contributed by atoms with E-state index >= 15 is 0 Å². The lowest BCUT2D eigenvalue weighted by Gasteiger charge is -2.31. The Kier molecular flexibility index (Phi) is 4.74. The van der Waals surface area contributed by atoms with E-state index in [1.165, 1.54) is 6.92 Å². The van der Waals surface area contributed by atoms with Gasteiger partial charge in [0.1, 0.15) is 0 Å². The predicted molar refractivity (Wildman–Crippen MR) is 76.0 cm³/mol. The summed E-state index contributed by atoms with van der Waals surface area (Å²) < 4.78 is 0. The molecule has 0 radical (unpaired) electrons. The molecule has 0 aliphatic carbocycles. The van der Waals surface area contributed by atoms with Crippen LogP contribution < -0.4 is 5.32 Å². The van der Waals surface area contributed by atoms with Crippen molar-refractivity contribution in [3.05, 3.63) is 29.8 Å². The van der Waals surface area contributed by atoms with E-state index in [4.69, 9.17) is 0 Å². The highest BCUT2D eigenvalue weighted by atomic mass is 16.3. The first-order valence-corrected chi connectivity index (χ1v) is 6.87. The Morgan fingerprint density at radius 1 is 1.40 bits per heavy atom. The molecular formula is C15H20N2O3. The number of amides is 2. The number of carbonyl (C=O) groups is 2. The summed E-state index contributed by atoms with van der Waals surface area (Å²) in [4.78, 5) is 25.4. The molecule has 1 fully saturated rings. The van der Waals surface area contributed by atoms with Gasteiger partial charge in [0.25, 0.3) is 0 Å². The van der Waals surface area contributed by atoms with Crippen LogP contribution in [0.15, 0.2) is 24.3 Å². The van der Waals surface area contributed by atoms with E-state index in [-0.39, 0.29) is 24.3 Å². The number of nitrogens with one attached hydrogen (secondary N) is 1. The number of hydrogen-bond donors (Lipinski definition) is 2. The molecule has 1 aromatic carbocycles. The van der Waals surface area contributed by atoms with E-state index in [2.05, 4.69) is 5.32 Å². The molecule has 0 saturated carbocycles. The number of carbonyl (C=O) groups excluding carboxylic acids is 2. The minimum Gasteiger partial charge on any atom is -0.392 e. The van der Waals surface area contributed by atoms with Crippen molar-refractivity contribution >= 4 is 17.5 Å². The molecule has 1 aliphatic heterocycles. The zero-order chi connectivity index (χ0) is 14.5. The molecule has 1 aromatic rings. The van der Waals surface area contributed by atoms with Gasteiger partial charge in [-0.25, -0.2) is 0 Å². The number of hydrogen-bond acceptors (Lipinski definition) is 3. The van der Waals surface area contributed by atoms with E-state index in [0.717, 1.165) is 19.4 Å². The van der Waals surface area contributed by atoms with Crippen molar-refractivity contribution in [1.29, 1.82) is 0 Å². The highest BCUT2D eigenvalue weighted by Crippen LogP contribution is 2.20. The maximum atomic E-state index is 12.3. The maximum Gasteiger partial charge on any atom is 0.229 e. The van der Waals surface area contributed by atoms with E-state index in [9.17, 15) is 14.7 Å². The van der Waals surface area contributed by atoms with Crippen LogP contribution in [0.25, 0.3) is 0 Å². The Labute approximate surface area is 118 Å². The van der Waals surface area contributed by atoms with Crippen LogP contribution >= 0.6 is 0 Å². The van der Waals surface area contributed by atoms with Gasteiger partial charge in [-0.1, -0.05) is 18.2 Å². The van der Waals surface area contributed by atoms with Gasteiger partial charge in [-0.2, -0.15) is 0 Å². The molecule has 2 N–H and O–H groups in total. The fraction of sp³-hybridized carbons (Fsp3) is 0.467. The van der Waals surface area contributed by atoms with Gasteiger partial charge in [-0.15, -0.1) is 0 Å². The van der Waals surface area contributed by atoms with Crippen molar-refractivity contribution in [1.82, 2.24) is 4.90 Å². The standard InChI is InChI=1S/C15H20N2O3/c1-11(19)17-8-4-6-12(9-17)15(20)16-14-7-3-2-5-13(14)10-18/h2-3,5,7,12,18H,4,6,8-10H2,1H3,(H,16,20). The Morgan fingerprint density at radius 3 is 2.85 bits per heavy atom. The minimum absolute atomic E-state index is 0.0123. The zero-order valence-corrected chi connectivity index (χ0v) is 11.6. The molecule has 2 rings (SSSR count). The second-order valence-electron chi connectivity index (χ2n) is 5.11. The van der Waals surface area contributed by atoms with Crippen LogP contribution in [0.1, 0.15) is 25.3 Å². The highest BCUT2D eigenvalue weighted by molar-refractivity contribution is 5.93. The van der Waals surface area contributed by atoms with Crippen LogP contribution in [0.5, 0.6) is 0 Å². The molecule has 5 heteroatoms. The Morgan fingerprint density at radius 2 is 2.15 bits per heavy atom. The van der Waals surface area contributed by atoms with Gasteiger partial charge < -0.3 is 15.3 Å². The Balaban J connectivity index is 2.02. The first-order chi connectivity index (χ1) is 9.61. The number of benzene rings is 1. The fourth-order valence-corrected chi connectivity index (χ4v) is 2.49. The molecule has 1 aliphatic rings. The quantitative estimate of drug-likeness (QED) is 0.876. The number of aliphatic hydroxyl groups is 1. The van der Waals surface area contributed by atoms with Gasteiger partial charge in [0.05, 0.1) is 12.5 Å². The van der Waals surface area contributed by atoms with Gasteiger partial charge in [0.2, 0.25) is 11.8 Å². The summed E-state index contributed by atoms with van der Waals surface area (Å²) in [6.07, 6.45) is 1.64. The van der Waals surface area contributed by atoms with Crippen LogP contribution in [-0.2, 0) is 16.2 Å². The van der Waals surface area contributed by atoms with Crippen molar-refractivity contribution in [2.75, 3.05) is 18.4 Å². The molecule has 0 aromatic heterocycles. The topological polar surface area (TPSA) is 69.6 Å². The molecule has 5 nitrogen and oxygen atoms in total. The average molecular weight is 276 g/mol. The second kappa shape index (κ2) is 6.52. The van der Waals surface area contributed by atoms with Gasteiger partial charge in [-0.3, -0.25) is 9.59 Å². The highest BCUT2D eigenvalue weighted by Gasteiger charge is 2.27. The van der Waals surface area contributed by atoms with Crippen LogP contribution in [-0.4, -0.2) is 34.9 Å². The van der Waals surface area contributed by atoms with Crippen LogP contribution in [0.4, 0.5) is 5.69 Å². The molecule has 1 heterocycles. The lowest BCUT2D eigenvalue weighted by Crippen LogP contribution is -2.42. The normalized spacial score (nSPS) is 18.7. The third-order valence-corrected chi connectivity index (χ3v) is 3.68. The number of likely N-dealkylation sites (tertiary alicyclic amines) is 1. The molecular weight excluding hydrogens is 256 g/mol. The number of nitrogens with zero attached hydrogens (tertiary/aromatic N) is 1. The lowest BCUT2D eigenvalue weighted by atomic mass is 9.97. The summed E-state index contributed by atoms with van der Waals surface area (Å²) in [7, 11) is 0. The third kappa shape index (κ3) is 3.36. The van der Waals surface area contributed by atoms with E-state index in [1.54, 1.807) is 17.0 Å². The largest absolute Gasteiger partial charge is 0.392 e. The van der Waals surface area contributed by atoms with Crippen molar-refractivity contribution < 1.29 is 14.7 Å². The average Bonchev–Trinajstić information content (AvgIpc) is 2.48. The molecule has 108 valence electrons. The molecule has 0 spiro atoms. The number of para-hydroxylation sites is 1. The van der Waals surface area contributed by atoms with Crippen molar-refractivity contribution in [2.24, 2.45) is 5.92 Å². The summed E-state index contributed by atoms with van der Waals surface area (Å²) in [5.41, 5.74) is 1.33. The smallest absolute Gasteiger partial charge is 0.229 e. The van der Waals surface area contributed by atoms with Crippen LogP contribution in [0.3, 0.4) is 0 Å². The van der Waals surface area contributed by atoms with E-state index < -0.39 is 0 Å². The number of anilines is 1. The van der Waals surface area contributed by atoms with Gasteiger partial charge in [0, 0.05) is 31.3 Å². The van der Waals surface area contributed by atoms with Crippen LogP contribution in [0, 0.1) is 5.92 Å². The van der Waals surface area contributed by atoms with E-state index in [0.29, 0.717) is 17.8 Å². The predicted octanol–water partition coefficient (Wildman–Crippen LogP) is 1.38. The number of aliphatic hydroxyl groups excluding tert-OH is 1.